The predicted molar refractivity (Wildman–Crippen MR) is 123 cm³/mol. The van der Waals surface area contributed by atoms with Crippen molar-refractivity contribution < 1.29 is 8.78 Å². The molecule has 164 valence electrons. The Morgan fingerprint density at radius 2 is 1.93 bits per heavy atom. The van der Waals surface area contributed by atoms with Crippen LogP contribution < -0.4 is 5.32 Å². The lowest BCUT2D eigenvalue weighted by atomic mass is 9.95. The molecule has 30 heavy (non-hydrogen) atoms. The van der Waals surface area contributed by atoms with Crippen LogP contribution in [0.5, 0.6) is 0 Å². The normalized spacial score (nSPS) is 19.3. The highest BCUT2D eigenvalue weighted by Crippen LogP contribution is 2.38. The van der Waals surface area contributed by atoms with Gasteiger partial charge in [-0.05, 0) is 67.4 Å². The fourth-order valence-corrected chi connectivity index (χ4v) is 3.46. The van der Waals surface area contributed by atoms with Gasteiger partial charge in [0.05, 0.1) is 0 Å². The molecule has 1 heterocycles. The van der Waals surface area contributed by atoms with Crippen molar-refractivity contribution in [3.05, 3.63) is 83.7 Å². The van der Waals surface area contributed by atoms with Crippen molar-refractivity contribution in [3.8, 4) is 0 Å². The van der Waals surface area contributed by atoms with Crippen LogP contribution in [0.15, 0.2) is 83.7 Å². The summed E-state index contributed by atoms with van der Waals surface area (Å²) in [7, 11) is 0. The number of alkyl halides is 2. The van der Waals surface area contributed by atoms with E-state index in [4.69, 9.17) is 0 Å². The minimum atomic E-state index is -2.50. The van der Waals surface area contributed by atoms with Crippen LogP contribution in [0.4, 0.5) is 8.78 Å². The van der Waals surface area contributed by atoms with E-state index in [0.29, 0.717) is 11.6 Å². The van der Waals surface area contributed by atoms with E-state index in [2.05, 4.69) is 58.3 Å². The molecule has 0 amide bonds. The van der Waals surface area contributed by atoms with E-state index in [1.807, 2.05) is 6.20 Å². The molecular weight excluding hydrogens is 378 g/mol. The smallest absolute Gasteiger partial charge is 0.265 e. The number of nitrogens with zero attached hydrogens (tertiary/aromatic N) is 1. The van der Waals surface area contributed by atoms with Crippen LogP contribution in [0, 0.1) is 11.8 Å². The third-order valence-corrected chi connectivity index (χ3v) is 5.66. The molecule has 0 saturated heterocycles. The molecular formula is C26H36F2N2. The Morgan fingerprint density at radius 1 is 1.23 bits per heavy atom. The molecule has 1 atom stereocenters. The van der Waals surface area contributed by atoms with E-state index >= 15 is 0 Å². The molecule has 0 spiro atoms. The van der Waals surface area contributed by atoms with Crippen molar-refractivity contribution in [1.82, 2.24) is 10.2 Å². The minimum absolute atomic E-state index is 0.00905. The van der Waals surface area contributed by atoms with Crippen LogP contribution in [0.25, 0.3) is 0 Å². The molecule has 0 aromatic rings. The third kappa shape index (κ3) is 6.58. The zero-order valence-electron chi connectivity index (χ0n) is 18.8. The summed E-state index contributed by atoms with van der Waals surface area (Å²) >= 11 is 0. The van der Waals surface area contributed by atoms with Crippen molar-refractivity contribution in [2.45, 2.75) is 66.2 Å². The van der Waals surface area contributed by atoms with Crippen molar-refractivity contribution in [1.29, 1.82) is 0 Å². The maximum absolute atomic E-state index is 13.1. The van der Waals surface area contributed by atoms with Crippen molar-refractivity contribution in [2.75, 3.05) is 0 Å². The first kappa shape index (κ1) is 23.9. The molecule has 2 rings (SSSR count). The molecule has 1 fully saturated rings. The van der Waals surface area contributed by atoms with Crippen molar-refractivity contribution >= 4 is 0 Å². The number of halogens is 2. The molecule has 4 heteroatoms. The molecule has 0 aromatic heterocycles. The average molecular weight is 415 g/mol. The number of rotatable bonds is 11. The number of nitrogens with one attached hydrogen (secondary N) is 1. The largest absolute Gasteiger partial charge is 0.362 e. The maximum Gasteiger partial charge on any atom is 0.265 e. The van der Waals surface area contributed by atoms with E-state index < -0.39 is 6.43 Å². The first-order chi connectivity index (χ1) is 14.3. The summed E-state index contributed by atoms with van der Waals surface area (Å²) in [4.78, 5) is 1.69. The number of hydrogen-bond donors (Lipinski definition) is 1. The molecule has 1 unspecified atom stereocenters. The lowest BCUT2D eigenvalue weighted by Gasteiger charge is -2.26. The van der Waals surface area contributed by atoms with E-state index in [-0.39, 0.29) is 11.5 Å². The van der Waals surface area contributed by atoms with Crippen molar-refractivity contribution in [2.24, 2.45) is 11.8 Å². The fraction of sp³-hybridized carbons (Fsp3) is 0.462. The molecule has 0 radical (unpaired) electrons. The van der Waals surface area contributed by atoms with Crippen LogP contribution in [-0.4, -0.2) is 11.3 Å². The Bertz CT molecular complexity index is 792. The predicted octanol–water partition coefficient (Wildman–Crippen LogP) is 7.59. The fourth-order valence-electron chi connectivity index (χ4n) is 3.46. The van der Waals surface area contributed by atoms with Crippen LogP contribution in [0.3, 0.4) is 0 Å². The third-order valence-electron chi connectivity index (χ3n) is 5.66. The first-order valence-electron chi connectivity index (χ1n) is 11.0. The topological polar surface area (TPSA) is 15.3 Å². The van der Waals surface area contributed by atoms with Gasteiger partial charge < -0.3 is 10.2 Å². The lowest BCUT2D eigenvalue weighted by Crippen LogP contribution is -2.21. The Kier molecular flexibility index (Phi) is 8.88. The zero-order valence-corrected chi connectivity index (χ0v) is 18.8. The van der Waals surface area contributed by atoms with E-state index in [1.165, 1.54) is 36.4 Å². The van der Waals surface area contributed by atoms with E-state index in [0.717, 1.165) is 30.5 Å². The highest BCUT2D eigenvalue weighted by Gasteiger charge is 2.24. The van der Waals surface area contributed by atoms with Crippen LogP contribution in [0.2, 0.25) is 0 Å². The summed E-state index contributed by atoms with van der Waals surface area (Å²) in [5.41, 5.74) is 5.28. The summed E-state index contributed by atoms with van der Waals surface area (Å²) in [5.74, 6) is 0.769. The lowest BCUT2D eigenvalue weighted by molar-refractivity contribution is 0.192. The Balaban J connectivity index is 2.15. The molecule has 2 nitrogen and oxygen atoms in total. The minimum Gasteiger partial charge on any atom is -0.362 e. The highest BCUT2D eigenvalue weighted by molar-refractivity contribution is 5.36. The van der Waals surface area contributed by atoms with Gasteiger partial charge in [-0.25, -0.2) is 8.78 Å². The highest BCUT2D eigenvalue weighted by atomic mass is 19.3. The molecule has 1 aliphatic heterocycles. The van der Waals surface area contributed by atoms with Gasteiger partial charge in [0.25, 0.3) is 6.43 Å². The van der Waals surface area contributed by atoms with Gasteiger partial charge >= 0.3 is 0 Å². The Morgan fingerprint density at radius 3 is 2.47 bits per heavy atom. The van der Waals surface area contributed by atoms with Crippen LogP contribution in [0.1, 0.15) is 59.8 Å². The second kappa shape index (κ2) is 11.1. The standard InChI is InChI=1S/C26H36F2N2/c1-7-10-23(22-13-14-22)15-25(9-3)29-20(6)19(5)21(8-2)16-30-17-24(26(27)28)12-11-18(30)4/h10-12,15-17,19,22,26,29H,4,6-9,13-14H2,1-3,5H3/b21-16+,23-10+,25-15+. The molecule has 2 aliphatic rings. The Labute approximate surface area is 181 Å². The van der Waals surface area contributed by atoms with Gasteiger partial charge in [-0.2, -0.15) is 0 Å². The van der Waals surface area contributed by atoms with Gasteiger partial charge in [-0.1, -0.05) is 46.9 Å². The van der Waals surface area contributed by atoms with Crippen LogP contribution >= 0.6 is 0 Å². The number of allylic oxidation sites excluding steroid dienone is 8. The SMILES string of the molecule is C=C(N/C(=C/C(=C\CC)C1CC1)CC)C(C)/C(=C/N1C=C(C(F)F)C=CC1=C)CC. The molecule has 1 saturated carbocycles. The zero-order chi connectivity index (χ0) is 22.3. The molecule has 1 N–H and O–H groups in total. The quantitative estimate of drug-likeness (QED) is 0.350. The summed E-state index contributed by atoms with van der Waals surface area (Å²) in [5, 5.41) is 3.52. The van der Waals surface area contributed by atoms with Gasteiger partial charge in [-0.3, -0.25) is 0 Å². The summed E-state index contributed by atoms with van der Waals surface area (Å²) in [6.07, 6.45) is 13.8. The second-order valence-electron chi connectivity index (χ2n) is 8.00. The molecule has 0 aromatic carbocycles. The maximum atomic E-state index is 13.1. The van der Waals surface area contributed by atoms with E-state index in [9.17, 15) is 8.78 Å². The number of hydrogen-bond acceptors (Lipinski definition) is 2. The van der Waals surface area contributed by atoms with Gasteiger partial charge in [0.15, 0.2) is 0 Å². The van der Waals surface area contributed by atoms with Crippen LogP contribution in [-0.2, 0) is 0 Å². The monoisotopic (exact) mass is 414 g/mol. The van der Waals surface area contributed by atoms with Gasteiger partial charge in [0.2, 0.25) is 0 Å². The van der Waals surface area contributed by atoms with Gasteiger partial charge in [-0.15, -0.1) is 0 Å². The van der Waals surface area contributed by atoms with E-state index in [1.54, 1.807) is 11.0 Å². The van der Waals surface area contributed by atoms with Gasteiger partial charge in [0, 0.05) is 41.0 Å². The molecule has 1 aliphatic carbocycles. The second-order valence-corrected chi connectivity index (χ2v) is 8.00. The molecule has 0 bridgehead atoms. The van der Waals surface area contributed by atoms with Gasteiger partial charge in [0.1, 0.15) is 0 Å². The Hall–Kier alpha value is -2.36. The summed E-state index contributed by atoms with van der Waals surface area (Å²) < 4.78 is 26.2. The summed E-state index contributed by atoms with van der Waals surface area (Å²) in [6, 6.07) is 0. The average Bonchev–Trinajstić information content (AvgIpc) is 3.56. The summed E-state index contributed by atoms with van der Waals surface area (Å²) in [6.45, 7) is 16.7. The van der Waals surface area contributed by atoms with Crippen molar-refractivity contribution in [3.63, 3.8) is 0 Å². The first-order valence-corrected chi connectivity index (χ1v) is 11.0.